The lowest BCUT2D eigenvalue weighted by Gasteiger charge is -2.38. The second kappa shape index (κ2) is 11.0. The van der Waals surface area contributed by atoms with Crippen molar-refractivity contribution in [2.24, 2.45) is 11.8 Å². The van der Waals surface area contributed by atoms with Crippen molar-refractivity contribution < 1.29 is 23.5 Å². The molecule has 0 bridgehead atoms. The summed E-state index contributed by atoms with van der Waals surface area (Å²) in [6.07, 6.45) is 6.05. The molecular formula is C27H29FN4O4. The smallest absolute Gasteiger partial charge is 0.226 e. The Morgan fingerprint density at radius 2 is 1.78 bits per heavy atom. The van der Waals surface area contributed by atoms with E-state index in [0.29, 0.717) is 50.5 Å². The number of benzene rings is 2. The number of carbonyl (C=O) groups excluding carboxylic acids is 2. The van der Waals surface area contributed by atoms with Crippen molar-refractivity contribution in [2.75, 3.05) is 26.3 Å². The minimum atomic E-state index is -0.379. The molecule has 1 saturated carbocycles. The van der Waals surface area contributed by atoms with E-state index in [2.05, 4.69) is 10.1 Å². The van der Waals surface area contributed by atoms with E-state index in [1.807, 2.05) is 29.2 Å². The maximum Gasteiger partial charge on any atom is 0.226 e. The number of halogens is 1. The number of ether oxygens (including phenoxy) is 2. The summed E-state index contributed by atoms with van der Waals surface area (Å²) in [5, 5.41) is 4.11. The summed E-state index contributed by atoms with van der Waals surface area (Å²) in [6, 6.07) is 13.1. The van der Waals surface area contributed by atoms with Crippen LogP contribution in [0.1, 0.15) is 36.0 Å². The van der Waals surface area contributed by atoms with Crippen LogP contribution in [0.2, 0.25) is 0 Å². The lowest BCUT2D eigenvalue weighted by molar-refractivity contribution is -0.146. The highest BCUT2D eigenvalue weighted by molar-refractivity contribution is 6.00. The Hall–Kier alpha value is -3.59. The molecule has 1 unspecified atom stereocenters. The number of morpholine rings is 1. The van der Waals surface area contributed by atoms with Gasteiger partial charge in [-0.1, -0.05) is 12.8 Å². The van der Waals surface area contributed by atoms with Crippen molar-refractivity contribution in [1.29, 1.82) is 0 Å². The lowest BCUT2D eigenvalue weighted by atomic mass is 9.74. The van der Waals surface area contributed by atoms with Gasteiger partial charge in [0, 0.05) is 23.9 Å². The van der Waals surface area contributed by atoms with E-state index in [-0.39, 0.29) is 35.4 Å². The van der Waals surface area contributed by atoms with Crippen molar-refractivity contribution in [3.05, 3.63) is 72.6 Å². The number of nitrogens with zero attached hydrogens (tertiary/aromatic N) is 4. The Morgan fingerprint density at radius 3 is 2.50 bits per heavy atom. The molecule has 1 amide bonds. The average molecular weight is 493 g/mol. The highest BCUT2D eigenvalue weighted by Gasteiger charge is 2.39. The maximum absolute atomic E-state index is 13.5. The van der Waals surface area contributed by atoms with Crippen LogP contribution in [0.3, 0.4) is 0 Å². The monoisotopic (exact) mass is 492 g/mol. The molecule has 0 radical (unpaired) electrons. The first-order valence-electron chi connectivity index (χ1n) is 12.4. The molecule has 5 rings (SSSR count). The van der Waals surface area contributed by atoms with Gasteiger partial charge in [-0.05, 0) is 61.4 Å². The maximum atomic E-state index is 13.5. The summed E-state index contributed by atoms with van der Waals surface area (Å²) < 4.78 is 26.8. The summed E-state index contributed by atoms with van der Waals surface area (Å²) in [5.41, 5.74) is 1.34. The summed E-state index contributed by atoms with van der Waals surface area (Å²) in [7, 11) is 0. The van der Waals surface area contributed by atoms with E-state index in [4.69, 9.17) is 9.47 Å². The molecule has 2 aliphatic rings. The molecule has 8 nitrogen and oxygen atoms in total. The summed E-state index contributed by atoms with van der Waals surface area (Å²) >= 11 is 0. The van der Waals surface area contributed by atoms with Gasteiger partial charge < -0.3 is 14.4 Å². The molecule has 0 N–H and O–H groups in total. The van der Waals surface area contributed by atoms with E-state index in [0.717, 1.165) is 18.5 Å². The molecule has 1 aliphatic carbocycles. The van der Waals surface area contributed by atoms with Crippen molar-refractivity contribution in [3.63, 3.8) is 0 Å². The van der Waals surface area contributed by atoms with Gasteiger partial charge in [0.05, 0.1) is 18.8 Å². The second-order valence-corrected chi connectivity index (χ2v) is 9.29. The van der Waals surface area contributed by atoms with Gasteiger partial charge in [0.25, 0.3) is 0 Å². The average Bonchev–Trinajstić information content (AvgIpc) is 3.47. The predicted molar refractivity (Wildman–Crippen MR) is 129 cm³/mol. The first-order chi connectivity index (χ1) is 17.6. The van der Waals surface area contributed by atoms with Gasteiger partial charge in [-0.15, -0.1) is 0 Å². The van der Waals surface area contributed by atoms with E-state index in [1.54, 1.807) is 11.0 Å². The van der Waals surface area contributed by atoms with Gasteiger partial charge in [-0.25, -0.2) is 14.1 Å². The number of aromatic nitrogens is 3. The number of ketones is 1. The Labute approximate surface area is 209 Å². The van der Waals surface area contributed by atoms with Gasteiger partial charge in [0.1, 0.15) is 36.9 Å². The molecule has 3 atom stereocenters. The lowest BCUT2D eigenvalue weighted by Crippen LogP contribution is -2.51. The number of Topliss-reactive ketones (excluding diaryl/α,β-unsaturated/α-hetero) is 1. The molecular weight excluding hydrogens is 463 g/mol. The summed E-state index contributed by atoms with van der Waals surface area (Å²) in [4.78, 5) is 32.5. The fraction of sp³-hybridized carbons (Fsp3) is 0.407. The first-order valence-corrected chi connectivity index (χ1v) is 12.4. The zero-order chi connectivity index (χ0) is 24.9. The number of amides is 1. The normalized spacial score (nSPS) is 22.2. The van der Waals surface area contributed by atoms with Crippen LogP contribution >= 0.6 is 0 Å². The molecule has 2 aromatic carbocycles. The zero-order valence-corrected chi connectivity index (χ0v) is 20.0. The van der Waals surface area contributed by atoms with E-state index in [9.17, 15) is 14.0 Å². The van der Waals surface area contributed by atoms with Crippen molar-refractivity contribution in [1.82, 2.24) is 19.7 Å². The van der Waals surface area contributed by atoms with Crippen molar-refractivity contribution in [2.45, 2.75) is 31.8 Å². The first kappa shape index (κ1) is 24.1. The minimum Gasteiger partial charge on any atom is -0.491 e. The summed E-state index contributed by atoms with van der Waals surface area (Å²) in [5.74, 6) is -0.493. The fourth-order valence-electron chi connectivity index (χ4n) is 5.05. The molecule has 0 spiro atoms. The molecule has 1 saturated heterocycles. The largest absolute Gasteiger partial charge is 0.491 e. The molecule has 1 aromatic heterocycles. The zero-order valence-electron chi connectivity index (χ0n) is 20.0. The quantitative estimate of drug-likeness (QED) is 0.468. The molecule has 188 valence electrons. The molecule has 2 fully saturated rings. The number of carbonyl (C=O) groups is 2. The third-order valence-electron chi connectivity index (χ3n) is 6.96. The SMILES string of the molecule is O=C(c1ccc(F)cc1)[C@H]1CCCC[C@@H]1C(=O)N1CCOC(COc2ccc(-n3cncn3)cc2)C1. The van der Waals surface area contributed by atoms with Crippen LogP contribution in [0.4, 0.5) is 4.39 Å². The highest BCUT2D eigenvalue weighted by atomic mass is 19.1. The van der Waals surface area contributed by atoms with Gasteiger partial charge in [-0.2, -0.15) is 5.10 Å². The van der Waals surface area contributed by atoms with Crippen molar-refractivity contribution >= 4 is 11.7 Å². The van der Waals surface area contributed by atoms with Crippen LogP contribution in [0, 0.1) is 17.7 Å². The highest BCUT2D eigenvalue weighted by Crippen LogP contribution is 2.34. The second-order valence-electron chi connectivity index (χ2n) is 9.29. The molecule has 36 heavy (non-hydrogen) atoms. The van der Waals surface area contributed by atoms with Crippen LogP contribution in [-0.4, -0.2) is 63.8 Å². The molecule has 2 heterocycles. The molecule has 1 aliphatic heterocycles. The van der Waals surface area contributed by atoms with Crippen molar-refractivity contribution in [3.8, 4) is 11.4 Å². The van der Waals surface area contributed by atoms with E-state index >= 15 is 0 Å². The van der Waals surface area contributed by atoms with Gasteiger partial charge in [0.2, 0.25) is 5.91 Å². The predicted octanol–water partition coefficient (Wildman–Crippen LogP) is 3.70. The van der Waals surface area contributed by atoms with E-state index < -0.39 is 0 Å². The molecule has 9 heteroatoms. The van der Waals surface area contributed by atoms with Crippen LogP contribution in [-0.2, 0) is 9.53 Å². The number of rotatable bonds is 7. The minimum absolute atomic E-state index is 0.000599. The Morgan fingerprint density at radius 1 is 1.03 bits per heavy atom. The number of hydrogen-bond acceptors (Lipinski definition) is 6. The Balaban J connectivity index is 1.19. The topological polar surface area (TPSA) is 86.5 Å². The van der Waals surface area contributed by atoms with Gasteiger partial charge in [0.15, 0.2) is 5.78 Å². The third kappa shape index (κ3) is 5.46. The third-order valence-corrected chi connectivity index (χ3v) is 6.96. The Kier molecular flexibility index (Phi) is 7.36. The standard InChI is InChI=1S/C27H29FN4O4/c28-20-7-5-19(6-8-20)26(33)24-3-1-2-4-25(24)27(34)31-13-14-35-23(15-31)16-36-22-11-9-21(10-12-22)32-18-29-17-30-32/h5-12,17-18,23-25H,1-4,13-16H2/t23?,24-,25-/m0/s1. The van der Waals surface area contributed by atoms with E-state index in [1.165, 1.54) is 30.6 Å². The fourth-order valence-corrected chi connectivity index (χ4v) is 5.05. The van der Waals surface area contributed by atoms with Gasteiger partial charge in [-0.3, -0.25) is 9.59 Å². The number of hydrogen-bond donors (Lipinski definition) is 0. The van der Waals surface area contributed by atoms with Gasteiger partial charge >= 0.3 is 0 Å². The van der Waals surface area contributed by atoms with Crippen LogP contribution in [0.5, 0.6) is 5.75 Å². The summed E-state index contributed by atoms with van der Waals surface area (Å²) in [6.45, 7) is 1.66. The molecule has 3 aromatic rings. The van der Waals surface area contributed by atoms with Crippen LogP contribution in [0.15, 0.2) is 61.2 Å². The van der Waals surface area contributed by atoms with Crippen LogP contribution in [0.25, 0.3) is 5.69 Å². The van der Waals surface area contributed by atoms with Crippen LogP contribution < -0.4 is 4.74 Å². The Bertz CT molecular complexity index is 1170.